The maximum absolute atomic E-state index is 4.64. The lowest BCUT2D eigenvalue weighted by atomic mass is 9.92. The highest BCUT2D eigenvalue weighted by atomic mass is 15.0. The lowest BCUT2D eigenvalue weighted by Crippen LogP contribution is -2.26. The van der Waals surface area contributed by atoms with Crippen LogP contribution in [0.15, 0.2) is 18.6 Å². The molecule has 0 saturated carbocycles. The Labute approximate surface area is 106 Å². The van der Waals surface area contributed by atoms with Gasteiger partial charge in [-0.1, -0.05) is 6.92 Å². The third-order valence-corrected chi connectivity index (χ3v) is 3.34. The van der Waals surface area contributed by atoms with Gasteiger partial charge in [0.2, 0.25) is 0 Å². The Kier molecular flexibility index (Phi) is 3.06. The minimum atomic E-state index is 0.407. The van der Waals surface area contributed by atoms with Crippen molar-refractivity contribution in [2.75, 3.05) is 6.54 Å². The topological polar surface area (TPSA) is 66.5 Å². The first kappa shape index (κ1) is 11.3. The quantitative estimate of drug-likeness (QED) is 0.863. The summed E-state index contributed by atoms with van der Waals surface area (Å²) in [6, 6.07) is 0.407. The summed E-state index contributed by atoms with van der Waals surface area (Å²) in [6.07, 6.45) is 8.85. The van der Waals surface area contributed by atoms with Crippen molar-refractivity contribution in [1.29, 1.82) is 0 Å². The molecule has 0 radical (unpaired) electrons. The summed E-state index contributed by atoms with van der Waals surface area (Å²) in [7, 11) is 0. The van der Waals surface area contributed by atoms with Crippen molar-refractivity contribution in [3.63, 3.8) is 0 Å². The molecule has 94 valence electrons. The largest absolute Gasteiger partial charge is 0.342 e. The number of aromatic nitrogens is 4. The van der Waals surface area contributed by atoms with Crippen LogP contribution in [0.2, 0.25) is 0 Å². The van der Waals surface area contributed by atoms with Gasteiger partial charge in [0.05, 0.1) is 0 Å². The minimum Gasteiger partial charge on any atom is -0.342 e. The SMILES string of the molecule is CCNC1CCCc2nc(-c3ncc[nH]3)ncc21. The number of H-pyrrole nitrogens is 1. The molecule has 0 spiro atoms. The molecule has 3 rings (SSSR count). The number of hydrogen-bond acceptors (Lipinski definition) is 4. The molecule has 0 bridgehead atoms. The summed E-state index contributed by atoms with van der Waals surface area (Å²) in [6.45, 7) is 3.11. The van der Waals surface area contributed by atoms with Crippen LogP contribution in [0.3, 0.4) is 0 Å². The van der Waals surface area contributed by atoms with Crippen LogP contribution < -0.4 is 5.32 Å². The zero-order chi connectivity index (χ0) is 12.4. The van der Waals surface area contributed by atoms with Gasteiger partial charge in [-0.15, -0.1) is 0 Å². The summed E-state index contributed by atoms with van der Waals surface area (Å²) < 4.78 is 0. The fraction of sp³-hybridized carbons (Fsp3) is 0.462. The molecule has 1 unspecified atom stereocenters. The lowest BCUT2D eigenvalue weighted by Gasteiger charge is -2.25. The maximum Gasteiger partial charge on any atom is 0.195 e. The number of aromatic amines is 1. The zero-order valence-corrected chi connectivity index (χ0v) is 10.5. The first-order valence-corrected chi connectivity index (χ1v) is 6.47. The van der Waals surface area contributed by atoms with Gasteiger partial charge >= 0.3 is 0 Å². The number of hydrogen-bond donors (Lipinski definition) is 2. The third-order valence-electron chi connectivity index (χ3n) is 3.34. The number of rotatable bonds is 3. The number of aryl methyl sites for hydroxylation is 1. The average molecular weight is 243 g/mol. The van der Waals surface area contributed by atoms with E-state index >= 15 is 0 Å². The van der Waals surface area contributed by atoms with E-state index in [2.05, 4.69) is 32.2 Å². The second-order valence-corrected chi connectivity index (χ2v) is 4.54. The van der Waals surface area contributed by atoms with E-state index in [1.165, 1.54) is 18.4 Å². The van der Waals surface area contributed by atoms with Crippen LogP contribution in [0, 0.1) is 0 Å². The van der Waals surface area contributed by atoms with Gasteiger partial charge in [-0.05, 0) is 25.8 Å². The van der Waals surface area contributed by atoms with E-state index in [1.807, 2.05) is 6.20 Å². The molecule has 2 aromatic rings. The number of fused-ring (bicyclic) bond motifs is 1. The molecule has 2 heterocycles. The van der Waals surface area contributed by atoms with E-state index in [0.29, 0.717) is 11.9 Å². The Morgan fingerprint density at radius 3 is 3.17 bits per heavy atom. The van der Waals surface area contributed by atoms with Crippen molar-refractivity contribution in [2.24, 2.45) is 0 Å². The Morgan fingerprint density at radius 1 is 1.44 bits per heavy atom. The normalized spacial score (nSPS) is 18.6. The molecule has 0 aromatic carbocycles. The van der Waals surface area contributed by atoms with E-state index in [4.69, 9.17) is 0 Å². The van der Waals surface area contributed by atoms with Crippen molar-refractivity contribution in [2.45, 2.75) is 32.2 Å². The summed E-state index contributed by atoms with van der Waals surface area (Å²) in [5.74, 6) is 1.43. The number of imidazole rings is 1. The van der Waals surface area contributed by atoms with Crippen molar-refractivity contribution in [3.05, 3.63) is 29.8 Å². The van der Waals surface area contributed by atoms with Gasteiger partial charge in [0.1, 0.15) is 0 Å². The Hall–Kier alpha value is -1.75. The maximum atomic E-state index is 4.64. The van der Waals surface area contributed by atoms with E-state index in [-0.39, 0.29) is 0 Å². The van der Waals surface area contributed by atoms with Crippen LogP contribution in [0.1, 0.15) is 37.1 Å². The third kappa shape index (κ3) is 2.01. The van der Waals surface area contributed by atoms with Crippen LogP contribution in [-0.2, 0) is 6.42 Å². The van der Waals surface area contributed by atoms with E-state index in [9.17, 15) is 0 Å². The molecule has 0 saturated heterocycles. The summed E-state index contributed by atoms with van der Waals surface area (Å²) in [5, 5.41) is 3.49. The van der Waals surface area contributed by atoms with Gasteiger partial charge in [0, 0.05) is 35.9 Å². The molecule has 5 nitrogen and oxygen atoms in total. The van der Waals surface area contributed by atoms with Crippen molar-refractivity contribution >= 4 is 0 Å². The fourth-order valence-electron chi connectivity index (χ4n) is 2.51. The average Bonchev–Trinajstić information content (AvgIpc) is 2.93. The van der Waals surface area contributed by atoms with Crippen molar-refractivity contribution in [3.8, 4) is 11.6 Å². The summed E-state index contributed by atoms with van der Waals surface area (Å²) in [4.78, 5) is 16.3. The molecule has 1 aliphatic rings. The van der Waals surface area contributed by atoms with E-state index < -0.39 is 0 Å². The molecule has 0 fully saturated rings. The van der Waals surface area contributed by atoms with Gasteiger partial charge < -0.3 is 10.3 Å². The Bertz CT molecular complexity index is 520. The first-order chi connectivity index (χ1) is 8.88. The predicted molar refractivity (Wildman–Crippen MR) is 69.0 cm³/mol. The number of nitrogens with one attached hydrogen (secondary N) is 2. The highest BCUT2D eigenvalue weighted by Crippen LogP contribution is 2.28. The van der Waals surface area contributed by atoms with Crippen molar-refractivity contribution in [1.82, 2.24) is 25.3 Å². The van der Waals surface area contributed by atoms with Crippen LogP contribution in [0.5, 0.6) is 0 Å². The monoisotopic (exact) mass is 243 g/mol. The molecule has 18 heavy (non-hydrogen) atoms. The van der Waals surface area contributed by atoms with Gasteiger partial charge in [-0.3, -0.25) is 0 Å². The fourth-order valence-corrected chi connectivity index (χ4v) is 2.51. The van der Waals surface area contributed by atoms with Crippen LogP contribution in [0.4, 0.5) is 0 Å². The Balaban J connectivity index is 1.95. The smallest absolute Gasteiger partial charge is 0.195 e. The highest BCUT2D eigenvalue weighted by Gasteiger charge is 2.21. The molecular weight excluding hydrogens is 226 g/mol. The number of nitrogens with zero attached hydrogens (tertiary/aromatic N) is 3. The zero-order valence-electron chi connectivity index (χ0n) is 10.5. The second-order valence-electron chi connectivity index (χ2n) is 4.54. The summed E-state index contributed by atoms with van der Waals surface area (Å²) >= 11 is 0. The first-order valence-electron chi connectivity index (χ1n) is 6.47. The molecule has 0 aliphatic heterocycles. The molecule has 0 amide bonds. The minimum absolute atomic E-state index is 0.407. The molecule has 2 aromatic heterocycles. The van der Waals surface area contributed by atoms with Crippen LogP contribution in [-0.4, -0.2) is 26.5 Å². The highest BCUT2D eigenvalue weighted by molar-refractivity contribution is 5.44. The van der Waals surface area contributed by atoms with E-state index in [1.54, 1.807) is 12.4 Å². The predicted octanol–water partition coefficient (Wildman–Crippen LogP) is 1.85. The van der Waals surface area contributed by atoms with Gasteiger partial charge in [-0.25, -0.2) is 15.0 Å². The molecular formula is C13H17N5. The van der Waals surface area contributed by atoms with Crippen LogP contribution in [0.25, 0.3) is 11.6 Å². The molecule has 1 aliphatic carbocycles. The van der Waals surface area contributed by atoms with Gasteiger partial charge in [0.15, 0.2) is 11.6 Å². The Morgan fingerprint density at radius 2 is 2.39 bits per heavy atom. The van der Waals surface area contributed by atoms with Crippen molar-refractivity contribution < 1.29 is 0 Å². The summed E-state index contributed by atoms with van der Waals surface area (Å²) in [5.41, 5.74) is 2.41. The second kappa shape index (κ2) is 4.86. The molecule has 1 atom stereocenters. The lowest BCUT2D eigenvalue weighted by molar-refractivity contribution is 0.464. The van der Waals surface area contributed by atoms with E-state index in [0.717, 1.165) is 24.5 Å². The van der Waals surface area contributed by atoms with Gasteiger partial charge in [-0.2, -0.15) is 0 Å². The molecule has 5 heteroatoms. The van der Waals surface area contributed by atoms with Crippen LogP contribution >= 0.6 is 0 Å². The van der Waals surface area contributed by atoms with Gasteiger partial charge in [0.25, 0.3) is 0 Å². The molecule has 2 N–H and O–H groups in total. The standard InChI is InChI=1S/C13H17N5/c1-2-14-10-4-3-5-11-9(10)8-17-13(18-11)12-15-6-7-16-12/h6-8,10,14H,2-5H2,1H3,(H,15,16).